The zero-order valence-electron chi connectivity index (χ0n) is 13.8. The van der Waals surface area contributed by atoms with Gasteiger partial charge in [-0.3, -0.25) is 10.1 Å². The van der Waals surface area contributed by atoms with Gasteiger partial charge in [0.1, 0.15) is 0 Å². The van der Waals surface area contributed by atoms with Crippen LogP contribution in [-0.4, -0.2) is 36.7 Å². The van der Waals surface area contributed by atoms with Crippen molar-refractivity contribution in [1.82, 2.24) is 9.29 Å². The number of nitrogens with zero attached hydrogens (tertiary/aromatic N) is 2. The molecule has 4 rings (SSSR count). The molecule has 0 atom stereocenters. The Hall–Kier alpha value is -2.23. The minimum Gasteiger partial charge on any atom is -0.438 e. The number of aromatic nitrogens is 1. The molecule has 3 aromatic rings. The van der Waals surface area contributed by atoms with Crippen molar-refractivity contribution >= 4 is 42.6 Å². The van der Waals surface area contributed by atoms with Crippen molar-refractivity contribution in [3.05, 3.63) is 42.2 Å². The van der Waals surface area contributed by atoms with Crippen molar-refractivity contribution in [3.8, 4) is 0 Å². The average molecular weight is 391 g/mol. The normalized spacial score (nSPS) is 16.0. The Morgan fingerprint density at radius 3 is 2.65 bits per heavy atom. The second kappa shape index (κ2) is 6.82. The highest BCUT2D eigenvalue weighted by molar-refractivity contribution is 7.89. The molecule has 1 aliphatic heterocycles. The van der Waals surface area contributed by atoms with Crippen LogP contribution in [0.4, 0.5) is 5.13 Å². The highest BCUT2D eigenvalue weighted by Gasteiger charge is 2.29. The van der Waals surface area contributed by atoms with E-state index in [0.29, 0.717) is 18.2 Å². The van der Waals surface area contributed by atoms with Gasteiger partial charge in [-0.05, 0) is 37.1 Å². The van der Waals surface area contributed by atoms with Crippen LogP contribution in [0.1, 0.15) is 29.8 Å². The van der Waals surface area contributed by atoms with Crippen LogP contribution in [0, 0.1) is 0 Å². The van der Waals surface area contributed by atoms with Crippen molar-refractivity contribution in [2.75, 3.05) is 18.4 Å². The first kappa shape index (κ1) is 17.2. The van der Waals surface area contributed by atoms with E-state index in [1.165, 1.54) is 27.8 Å². The fourth-order valence-electron chi connectivity index (χ4n) is 2.90. The summed E-state index contributed by atoms with van der Waals surface area (Å²) >= 11 is 1.34. The Morgan fingerprint density at radius 1 is 1.12 bits per heavy atom. The molecule has 1 aromatic carbocycles. The summed E-state index contributed by atoms with van der Waals surface area (Å²) in [6, 6.07) is 10.3. The number of nitrogens with one attached hydrogen (secondary N) is 1. The Labute approximate surface area is 154 Å². The third-order valence-corrected chi connectivity index (χ3v) is 6.95. The highest BCUT2D eigenvalue weighted by atomic mass is 32.2. The number of piperidine rings is 1. The van der Waals surface area contributed by atoms with Crippen molar-refractivity contribution in [2.24, 2.45) is 0 Å². The first-order valence-corrected chi connectivity index (χ1v) is 10.6. The first-order chi connectivity index (χ1) is 12.5. The lowest BCUT2D eigenvalue weighted by Gasteiger charge is -2.24. The number of amides is 1. The summed E-state index contributed by atoms with van der Waals surface area (Å²) in [5.74, 6) is -0.580. The molecule has 136 valence electrons. The quantitative estimate of drug-likeness (QED) is 0.736. The van der Waals surface area contributed by atoms with Gasteiger partial charge in [0.05, 0.1) is 10.2 Å². The highest BCUT2D eigenvalue weighted by Crippen LogP contribution is 2.27. The molecular formula is C17H17N3O4S2. The molecule has 0 aliphatic carbocycles. The molecule has 1 aliphatic rings. The number of rotatable bonds is 4. The number of carbonyl (C=O) groups excluding carboxylic acids is 1. The zero-order chi connectivity index (χ0) is 18.1. The summed E-state index contributed by atoms with van der Waals surface area (Å²) in [6.07, 6.45) is 2.70. The van der Waals surface area contributed by atoms with Crippen LogP contribution in [0.2, 0.25) is 0 Å². The van der Waals surface area contributed by atoms with Gasteiger partial charge in [0.25, 0.3) is 15.9 Å². The summed E-state index contributed by atoms with van der Waals surface area (Å²) in [7, 11) is -3.69. The van der Waals surface area contributed by atoms with Gasteiger partial charge in [0.2, 0.25) is 5.09 Å². The smallest absolute Gasteiger partial charge is 0.293 e. The second-order valence-corrected chi connectivity index (χ2v) is 8.92. The molecular weight excluding hydrogens is 374 g/mol. The van der Waals surface area contributed by atoms with Gasteiger partial charge in [-0.25, -0.2) is 13.4 Å². The topological polar surface area (TPSA) is 92.5 Å². The molecule has 1 N–H and O–H groups in total. The predicted molar refractivity (Wildman–Crippen MR) is 98.9 cm³/mol. The molecule has 0 unspecified atom stereocenters. The molecule has 2 aromatic heterocycles. The van der Waals surface area contributed by atoms with E-state index in [0.717, 1.165) is 29.5 Å². The maximum absolute atomic E-state index is 12.6. The summed E-state index contributed by atoms with van der Waals surface area (Å²) in [5.41, 5.74) is 0.792. The molecule has 0 radical (unpaired) electrons. The maximum Gasteiger partial charge on any atom is 0.293 e. The average Bonchev–Trinajstić information content (AvgIpc) is 3.29. The van der Waals surface area contributed by atoms with Gasteiger partial charge in [0.15, 0.2) is 10.9 Å². The number of hydrogen-bond donors (Lipinski definition) is 1. The fourth-order valence-corrected chi connectivity index (χ4v) is 5.19. The van der Waals surface area contributed by atoms with E-state index < -0.39 is 15.9 Å². The Kier molecular flexibility index (Phi) is 4.51. The molecule has 1 amide bonds. The number of sulfonamides is 1. The van der Waals surface area contributed by atoms with E-state index in [1.54, 1.807) is 0 Å². The van der Waals surface area contributed by atoms with Crippen molar-refractivity contribution in [2.45, 2.75) is 24.4 Å². The Morgan fingerprint density at radius 2 is 1.88 bits per heavy atom. The largest absolute Gasteiger partial charge is 0.438 e. The van der Waals surface area contributed by atoms with Crippen molar-refractivity contribution < 1.29 is 17.6 Å². The molecule has 26 heavy (non-hydrogen) atoms. The number of carbonyl (C=O) groups is 1. The van der Waals surface area contributed by atoms with E-state index >= 15 is 0 Å². The number of hydrogen-bond acceptors (Lipinski definition) is 6. The zero-order valence-corrected chi connectivity index (χ0v) is 15.5. The fraction of sp³-hybridized carbons (Fsp3) is 0.294. The van der Waals surface area contributed by atoms with Crippen LogP contribution in [0.5, 0.6) is 0 Å². The summed E-state index contributed by atoms with van der Waals surface area (Å²) < 4.78 is 32.9. The summed E-state index contributed by atoms with van der Waals surface area (Å²) in [6.45, 7) is 0.965. The lowest BCUT2D eigenvalue weighted by atomic mass is 10.2. The lowest BCUT2D eigenvalue weighted by molar-refractivity contribution is 0.0991. The van der Waals surface area contributed by atoms with Gasteiger partial charge in [0, 0.05) is 13.1 Å². The van der Waals surface area contributed by atoms with Gasteiger partial charge < -0.3 is 4.42 Å². The minimum atomic E-state index is -3.69. The van der Waals surface area contributed by atoms with Crippen LogP contribution in [0.3, 0.4) is 0 Å². The van der Waals surface area contributed by atoms with Gasteiger partial charge in [-0.2, -0.15) is 4.31 Å². The molecule has 7 nitrogen and oxygen atoms in total. The monoisotopic (exact) mass is 391 g/mol. The maximum atomic E-state index is 12.6. The van der Waals surface area contributed by atoms with Crippen molar-refractivity contribution in [1.29, 1.82) is 0 Å². The van der Waals surface area contributed by atoms with Crippen LogP contribution >= 0.6 is 11.3 Å². The number of para-hydroxylation sites is 1. The van der Waals surface area contributed by atoms with Crippen LogP contribution in [0.15, 0.2) is 45.9 Å². The predicted octanol–water partition coefficient (Wildman–Crippen LogP) is 3.32. The van der Waals surface area contributed by atoms with E-state index in [1.807, 2.05) is 24.3 Å². The number of thiazole rings is 1. The minimum absolute atomic E-state index is 0.0557. The molecule has 0 spiro atoms. The number of anilines is 1. The van der Waals surface area contributed by atoms with E-state index in [-0.39, 0.29) is 10.9 Å². The SMILES string of the molecule is O=C(Nc1nc2ccccc2s1)c1ccc(S(=O)(=O)N2CCCCC2)o1. The standard InChI is InChI=1S/C17H17N3O4S2/c21-16(19-17-18-12-6-2-3-7-14(12)25-17)13-8-9-15(24-13)26(22,23)20-10-4-1-5-11-20/h2-3,6-9H,1,4-5,10-11H2,(H,18,19,21). The molecule has 3 heterocycles. The molecule has 0 saturated carbocycles. The third-order valence-electron chi connectivity index (χ3n) is 4.23. The van der Waals surface area contributed by atoms with Gasteiger partial charge in [-0.15, -0.1) is 0 Å². The van der Waals surface area contributed by atoms with Crippen LogP contribution in [0.25, 0.3) is 10.2 Å². The van der Waals surface area contributed by atoms with Crippen LogP contribution in [-0.2, 0) is 10.0 Å². The van der Waals surface area contributed by atoms with Gasteiger partial charge >= 0.3 is 0 Å². The number of fused-ring (bicyclic) bond motifs is 1. The third kappa shape index (κ3) is 3.25. The molecule has 0 bridgehead atoms. The van der Waals surface area contributed by atoms with E-state index in [9.17, 15) is 13.2 Å². The number of benzene rings is 1. The molecule has 9 heteroatoms. The van der Waals surface area contributed by atoms with Crippen molar-refractivity contribution in [3.63, 3.8) is 0 Å². The summed E-state index contributed by atoms with van der Waals surface area (Å²) in [5, 5.41) is 2.90. The Bertz CT molecular complexity index is 1020. The van der Waals surface area contributed by atoms with E-state index in [4.69, 9.17) is 4.42 Å². The molecule has 1 fully saturated rings. The van der Waals surface area contributed by atoms with Crippen LogP contribution < -0.4 is 5.32 Å². The second-order valence-electron chi connectivity index (χ2n) is 6.02. The number of furan rings is 1. The summed E-state index contributed by atoms with van der Waals surface area (Å²) in [4.78, 5) is 16.7. The lowest BCUT2D eigenvalue weighted by Crippen LogP contribution is -2.35. The van der Waals surface area contributed by atoms with E-state index in [2.05, 4.69) is 10.3 Å². The molecule has 1 saturated heterocycles. The van der Waals surface area contributed by atoms with Gasteiger partial charge in [-0.1, -0.05) is 29.9 Å². The first-order valence-electron chi connectivity index (χ1n) is 8.31. The Balaban J connectivity index is 1.52.